The molecule has 0 radical (unpaired) electrons. The molecule has 0 atom stereocenters. The molecule has 0 saturated heterocycles. The first-order chi connectivity index (χ1) is 13.2. The van der Waals surface area contributed by atoms with Crippen LogP contribution in [0.3, 0.4) is 0 Å². The third kappa shape index (κ3) is 5.02. The quantitative estimate of drug-likeness (QED) is 0.619. The minimum atomic E-state index is -4.03. The van der Waals surface area contributed by atoms with Crippen LogP contribution in [0.2, 0.25) is 0 Å². The van der Waals surface area contributed by atoms with Gasteiger partial charge in [-0.1, -0.05) is 24.3 Å². The van der Waals surface area contributed by atoms with Crippen molar-refractivity contribution in [3.8, 4) is 0 Å². The monoisotopic (exact) mass is 426 g/mol. The van der Waals surface area contributed by atoms with Crippen LogP contribution in [-0.4, -0.2) is 50.5 Å². The Bertz CT molecular complexity index is 922. The van der Waals surface area contributed by atoms with E-state index in [1.165, 1.54) is 0 Å². The van der Waals surface area contributed by atoms with Crippen molar-refractivity contribution >= 4 is 43.0 Å². The third-order valence-electron chi connectivity index (χ3n) is 4.49. The van der Waals surface area contributed by atoms with Crippen LogP contribution in [0.1, 0.15) is 12.8 Å². The van der Waals surface area contributed by atoms with Crippen LogP contribution >= 0.6 is 0 Å². The minimum Gasteiger partial charge on any atom is -0.338 e. The summed E-state index contributed by atoms with van der Waals surface area (Å²) < 4.78 is 62.3. The van der Waals surface area contributed by atoms with Crippen LogP contribution in [0.5, 0.6) is 0 Å². The van der Waals surface area contributed by atoms with Crippen molar-refractivity contribution in [3.63, 3.8) is 0 Å². The van der Waals surface area contributed by atoms with E-state index >= 15 is 0 Å². The lowest BCUT2D eigenvalue weighted by molar-refractivity contribution is 0.479. The van der Waals surface area contributed by atoms with Crippen LogP contribution in [0.15, 0.2) is 48.5 Å². The van der Waals surface area contributed by atoms with E-state index < -0.39 is 20.2 Å². The summed E-state index contributed by atoms with van der Waals surface area (Å²) in [6.45, 7) is 0.791. The second-order valence-electron chi connectivity index (χ2n) is 6.56. The van der Waals surface area contributed by atoms with Gasteiger partial charge in [-0.3, -0.25) is 9.11 Å². The molecule has 0 fully saturated rings. The van der Waals surface area contributed by atoms with E-state index in [1.807, 2.05) is 58.3 Å². The van der Waals surface area contributed by atoms with Gasteiger partial charge in [0.15, 0.2) is 0 Å². The second kappa shape index (κ2) is 8.08. The Hall–Kier alpha value is -2.14. The topological polar surface area (TPSA) is 115 Å². The SMILES string of the molecule is O=S(=O)(O)CCCN1c2ccccc2N(CCCS(=O)(=O)O)c2ccccc21. The van der Waals surface area contributed by atoms with E-state index in [9.17, 15) is 16.8 Å². The first-order valence-corrected chi connectivity index (χ1v) is 12.0. The van der Waals surface area contributed by atoms with Crippen LogP contribution < -0.4 is 9.80 Å². The molecule has 2 aromatic carbocycles. The smallest absolute Gasteiger partial charge is 0.264 e. The number of para-hydroxylation sites is 4. The van der Waals surface area contributed by atoms with Crippen molar-refractivity contribution in [2.45, 2.75) is 12.8 Å². The Morgan fingerprint density at radius 1 is 0.607 bits per heavy atom. The van der Waals surface area contributed by atoms with Crippen LogP contribution in [-0.2, 0) is 20.2 Å². The Kier molecular flexibility index (Phi) is 5.94. The van der Waals surface area contributed by atoms with Gasteiger partial charge < -0.3 is 9.80 Å². The highest BCUT2D eigenvalue weighted by atomic mass is 32.2. The summed E-state index contributed by atoms with van der Waals surface area (Å²) in [7, 11) is -8.07. The van der Waals surface area contributed by atoms with E-state index in [0.29, 0.717) is 13.1 Å². The van der Waals surface area contributed by atoms with Gasteiger partial charge in [0.05, 0.1) is 34.3 Å². The van der Waals surface area contributed by atoms with Gasteiger partial charge in [0.2, 0.25) is 0 Å². The summed E-state index contributed by atoms with van der Waals surface area (Å²) in [5, 5.41) is 0. The van der Waals surface area contributed by atoms with Gasteiger partial charge in [-0.15, -0.1) is 0 Å². The van der Waals surface area contributed by atoms with Gasteiger partial charge in [-0.2, -0.15) is 16.8 Å². The molecule has 0 unspecified atom stereocenters. The Labute approximate surface area is 164 Å². The normalized spacial score (nSPS) is 13.9. The molecule has 0 spiro atoms. The molecule has 8 nitrogen and oxygen atoms in total. The first kappa shape index (κ1) is 20.6. The Morgan fingerprint density at radius 3 is 1.14 bits per heavy atom. The predicted octanol–water partition coefficient (Wildman–Crippen LogP) is 2.83. The van der Waals surface area contributed by atoms with E-state index in [1.54, 1.807) is 0 Å². The van der Waals surface area contributed by atoms with Gasteiger partial charge in [0, 0.05) is 13.1 Å². The van der Waals surface area contributed by atoms with Gasteiger partial charge in [-0.05, 0) is 37.1 Å². The van der Waals surface area contributed by atoms with Crippen molar-refractivity contribution in [2.24, 2.45) is 0 Å². The van der Waals surface area contributed by atoms with E-state index in [-0.39, 0.29) is 24.3 Å². The molecule has 3 rings (SSSR count). The molecule has 0 aliphatic carbocycles. The molecular formula is C18H22N2O6S2. The Balaban J connectivity index is 1.92. The van der Waals surface area contributed by atoms with Crippen molar-refractivity contribution in [1.82, 2.24) is 0 Å². The molecule has 1 aliphatic heterocycles. The summed E-state index contributed by atoms with van der Waals surface area (Å²) >= 11 is 0. The average Bonchev–Trinajstić information content (AvgIpc) is 2.61. The fraction of sp³-hybridized carbons (Fsp3) is 0.333. The fourth-order valence-electron chi connectivity index (χ4n) is 3.39. The molecule has 1 heterocycles. The average molecular weight is 427 g/mol. The molecular weight excluding hydrogens is 404 g/mol. The third-order valence-corrected chi connectivity index (χ3v) is 6.10. The summed E-state index contributed by atoms with van der Waals surface area (Å²) in [6.07, 6.45) is 0.508. The number of benzene rings is 2. The van der Waals surface area contributed by atoms with Crippen LogP contribution in [0.4, 0.5) is 22.7 Å². The number of hydrogen-bond acceptors (Lipinski definition) is 6. The van der Waals surface area contributed by atoms with Crippen molar-refractivity contribution in [3.05, 3.63) is 48.5 Å². The van der Waals surface area contributed by atoms with E-state index in [2.05, 4.69) is 0 Å². The lowest BCUT2D eigenvalue weighted by atomic mass is 10.1. The van der Waals surface area contributed by atoms with Crippen LogP contribution in [0.25, 0.3) is 0 Å². The summed E-state index contributed by atoms with van der Waals surface area (Å²) in [5.74, 6) is -0.655. The van der Waals surface area contributed by atoms with Gasteiger partial charge in [0.1, 0.15) is 0 Å². The first-order valence-electron chi connectivity index (χ1n) is 8.79. The van der Waals surface area contributed by atoms with E-state index in [0.717, 1.165) is 22.7 Å². The number of anilines is 4. The Morgan fingerprint density at radius 2 is 0.893 bits per heavy atom. The molecule has 2 aromatic rings. The van der Waals surface area contributed by atoms with E-state index in [4.69, 9.17) is 9.11 Å². The molecule has 0 aromatic heterocycles. The lowest BCUT2D eigenvalue weighted by Gasteiger charge is -2.40. The number of hydrogen-bond donors (Lipinski definition) is 2. The lowest BCUT2D eigenvalue weighted by Crippen LogP contribution is -2.32. The zero-order valence-electron chi connectivity index (χ0n) is 15.1. The molecule has 0 bridgehead atoms. The van der Waals surface area contributed by atoms with Crippen molar-refractivity contribution in [2.75, 3.05) is 34.4 Å². The number of fused-ring (bicyclic) bond motifs is 2. The summed E-state index contributed by atoms with van der Waals surface area (Å²) in [4.78, 5) is 3.99. The molecule has 0 saturated carbocycles. The predicted molar refractivity (Wildman–Crippen MR) is 109 cm³/mol. The molecule has 2 N–H and O–H groups in total. The zero-order valence-corrected chi connectivity index (χ0v) is 16.7. The molecule has 10 heteroatoms. The van der Waals surface area contributed by atoms with Crippen molar-refractivity contribution < 1.29 is 25.9 Å². The van der Waals surface area contributed by atoms with Crippen molar-refractivity contribution in [1.29, 1.82) is 0 Å². The number of nitrogens with zero attached hydrogens (tertiary/aromatic N) is 2. The van der Waals surface area contributed by atoms with Crippen LogP contribution in [0, 0.1) is 0 Å². The summed E-state index contributed by atoms with van der Waals surface area (Å²) in [5.41, 5.74) is 3.46. The highest BCUT2D eigenvalue weighted by Crippen LogP contribution is 2.47. The fourth-order valence-corrected chi connectivity index (χ4v) is 4.38. The highest BCUT2D eigenvalue weighted by Gasteiger charge is 2.27. The maximum Gasteiger partial charge on any atom is 0.264 e. The standard InChI is InChI=1S/C18H22N2O6S2/c21-27(22,23)13-5-11-19-15-7-1-2-8-16(15)20(12-6-14-28(24,25)26)18-10-4-3-9-17(18)19/h1-4,7-10H,5-6,11-14H2,(H,21,22,23)(H,24,25,26). The summed E-state index contributed by atoms with van der Waals surface area (Å²) in [6, 6.07) is 15.1. The minimum absolute atomic E-state index is 0.254. The van der Waals surface area contributed by atoms with Gasteiger partial charge in [-0.25, -0.2) is 0 Å². The molecule has 152 valence electrons. The maximum atomic E-state index is 11.1. The molecule has 1 aliphatic rings. The van der Waals surface area contributed by atoms with Gasteiger partial charge >= 0.3 is 0 Å². The van der Waals surface area contributed by atoms with Gasteiger partial charge in [0.25, 0.3) is 20.2 Å². The highest BCUT2D eigenvalue weighted by molar-refractivity contribution is 7.86. The molecule has 0 amide bonds. The zero-order chi connectivity index (χ0) is 20.4. The maximum absolute atomic E-state index is 11.1. The molecule has 28 heavy (non-hydrogen) atoms. The largest absolute Gasteiger partial charge is 0.338 e. The number of rotatable bonds is 8. The second-order valence-corrected chi connectivity index (χ2v) is 9.70.